The van der Waals surface area contributed by atoms with Crippen LogP contribution in [0.4, 0.5) is 15.9 Å². The minimum atomic E-state index is -0.493. The summed E-state index contributed by atoms with van der Waals surface area (Å²) in [5, 5.41) is 19.0. The fraction of sp³-hybridized carbons (Fsp3) is 0.552. The van der Waals surface area contributed by atoms with Gasteiger partial charge < -0.3 is 19.9 Å². The van der Waals surface area contributed by atoms with Gasteiger partial charge in [-0.1, -0.05) is 25.0 Å². The molecule has 2 aliphatic heterocycles. The van der Waals surface area contributed by atoms with E-state index in [1.165, 1.54) is 38.5 Å². The first-order valence-electron chi connectivity index (χ1n) is 14.2. The number of likely N-dealkylation sites (tertiary alicyclic amines) is 1. The van der Waals surface area contributed by atoms with Gasteiger partial charge in [0.25, 0.3) is 0 Å². The summed E-state index contributed by atoms with van der Waals surface area (Å²) in [6, 6.07) is 7.79. The number of aromatic nitrogens is 4. The van der Waals surface area contributed by atoms with E-state index in [4.69, 9.17) is 9.84 Å². The summed E-state index contributed by atoms with van der Waals surface area (Å²) in [5.74, 6) is 2.84. The fourth-order valence-electron chi connectivity index (χ4n) is 6.77. The second kappa shape index (κ2) is 9.89. The molecule has 1 aromatic carbocycles. The number of hydrogen-bond acceptors (Lipinski definition) is 8. The number of nitrogens with zero attached hydrogens (tertiary/aromatic N) is 6. The maximum atomic E-state index is 13.7. The van der Waals surface area contributed by atoms with Crippen molar-refractivity contribution in [2.75, 3.05) is 57.1 Å². The molecule has 0 unspecified atom stereocenters. The van der Waals surface area contributed by atoms with Crippen LogP contribution in [-0.2, 0) is 6.67 Å². The van der Waals surface area contributed by atoms with E-state index in [9.17, 15) is 4.39 Å². The largest absolute Gasteiger partial charge is 0.487 e. The summed E-state index contributed by atoms with van der Waals surface area (Å²) in [4.78, 5) is 5.65. The highest BCUT2D eigenvalue weighted by molar-refractivity contribution is 7.22. The first-order chi connectivity index (χ1) is 19.0. The molecule has 5 heterocycles. The number of anilines is 2. The number of benzene rings is 1. The van der Waals surface area contributed by atoms with Crippen molar-refractivity contribution in [3.05, 3.63) is 29.8 Å². The van der Waals surface area contributed by atoms with E-state index in [-0.39, 0.29) is 5.41 Å². The van der Waals surface area contributed by atoms with Gasteiger partial charge in [0, 0.05) is 30.3 Å². The molecule has 1 aliphatic carbocycles. The molecule has 1 N–H and O–H groups in total. The molecule has 1 saturated carbocycles. The molecule has 1 saturated heterocycles. The first kappa shape index (κ1) is 25.0. The molecule has 3 aliphatic rings. The highest BCUT2D eigenvalue weighted by atomic mass is 32.1. The summed E-state index contributed by atoms with van der Waals surface area (Å²) in [6.07, 6.45) is 7.24. The van der Waals surface area contributed by atoms with Crippen molar-refractivity contribution < 1.29 is 9.13 Å². The molecule has 3 aromatic heterocycles. The molecule has 0 atom stereocenters. The topological polar surface area (TPSA) is 70.8 Å². The van der Waals surface area contributed by atoms with Crippen molar-refractivity contribution in [2.45, 2.75) is 45.2 Å². The lowest BCUT2D eigenvalue weighted by Crippen LogP contribution is -2.36. The Morgan fingerprint density at radius 3 is 2.77 bits per heavy atom. The number of nitrogens with one attached hydrogen (secondary N) is 1. The molecule has 1 spiro atoms. The third-order valence-electron chi connectivity index (χ3n) is 9.04. The van der Waals surface area contributed by atoms with E-state index >= 15 is 0 Å². The maximum absolute atomic E-state index is 13.7. The average Bonchev–Trinajstić information content (AvgIpc) is 3.67. The first-order valence-corrected chi connectivity index (χ1v) is 15.0. The van der Waals surface area contributed by atoms with Crippen LogP contribution in [0.1, 0.15) is 44.1 Å². The molecule has 0 radical (unpaired) electrons. The SMILES string of the molecule is CN1CCC(CNc2nn3c(-c4cc5c(CF)cccc5s4)nnc3c3c2N(C)CC2(CCCC2)CO3)CC1. The zero-order valence-corrected chi connectivity index (χ0v) is 23.6. The monoisotopic (exact) mass is 549 g/mol. The lowest BCUT2D eigenvalue weighted by Gasteiger charge is -2.31. The molecule has 7 rings (SSSR count). The third kappa shape index (κ3) is 4.41. The molecule has 8 nitrogen and oxygen atoms in total. The van der Waals surface area contributed by atoms with Crippen molar-refractivity contribution in [1.82, 2.24) is 24.7 Å². The zero-order chi connectivity index (χ0) is 26.6. The molecular weight excluding hydrogens is 513 g/mol. The van der Waals surface area contributed by atoms with Crippen molar-refractivity contribution in [3.63, 3.8) is 0 Å². The van der Waals surface area contributed by atoms with Gasteiger partial charge in [0.2, 0.25) is 5.65 Å². The molecule has 0 bridgehead atoms. The fourth-order valence-corrected chi connectivity index (χ4v) is 7.85. The van der Waals surface area contributed by atoms with Crippen molar-refractivity contribution >= 4 is 38.6 Å². The number of hydrogen-bond donors (Lipinski definition) is 1. The van der Waals surface area contributed by atoms with E-state index in [1.807, 2.05) is 28.8 Å². The summed E-state index contributed by atoms with van der Waals surface area (Å²) in [7, 11) is 4.36. The maximum Gasteiger partial charge on any atom is 0.222 e. The third-order valence-corrected chi connectivity index (χ3v) is 10.1. The van der Waals surface area contributed by atoms with E-state index in [2.05, 4.69) is 39.4 Å². The van der Waals surface area contributed by atoms with Gasteiger partial charge in [-0.3, -0.25) is 0 Å². The minimum absolute atomic E-state index is 0.160. The Balaban J connectivity index is 1.32. The van der Waals surface area contributed by atoms with Gasteiger partial charge in [-0.15, -0.1) is 26.6 Å². The van der Waals surface area contributed by atoms with Crippen LogP contribution in [0, 0.1) is 11.3 Å². The minimum Gasteiger partial charge on any atom is -0.487 e. The lowest BCUT2D eigenvalue weighted by atomic mass is 9.87. The van der Waals surface area contributed by atoms with Crippen LogP contribution in [0.2, 0.25) is 0 Å². The Kier molecular flexibility index (Phi) is 6.34. The molecule has 10 heteroatoms. The Morgan fingerprint density at radius 2 is 1.97 bits per heavy atom. The standard InChI is InChI=1S/C29H36FN7OS/c1-35-12-8-19(9-13-35)16-31-26-24-25(38-18-29(17-36(24)2)10-3-4-11-29)28-33-32-27(37(28)34-26)23-14-21-20(15-30)6-5-7-22(21)39-23/h5-7,14,19H,3-4,8-13,15-18H2,1-2H3,(H,31,34). The number of alkyl halides is 1. The van der Waals surface area contributed by atoms with Crippen LogP contribution < -0.4 is 15.0 Å². The molecule has 0 amide bonds. The number of rotatable bonds is 5. The van der Waals surface area contributed by atoms with Crippen molar-refractivity contribution in [2.24, 2.45) is 11.3 Å². The molecule has 39 heavy (non-hydrogen) atoms. The number of halogens is 1. The van der Waals surface area contributed by atoms with Crippen molar-refractivity contribution in [3.8, 4) is 16.5 Å². The molecular formula is C29H36FN7OS. The average molecular weight is 550 g/mol. The number of piperidine rings is 1. The van der Waals surface area contributed by atoms with Gasteiger partial charge in [-0.05, 0) is 74.8 Å². The van der Waals surface area contributed by atoms with Crippen molar-refractivity contribution in [1.29, 1.82) is 0 Å². The van der Waals surface area contributed by atoms with Crippen LogP contribution in [0.15, 0.2) is 24.3 Å². The summed E-state index contributed by atoms with van der Waals surface area (Å²) >= 11 is 1.59. The van der Waals surface area contributed by atoms with Gasteiger partial charge in [0.05, 0.1) is 11.5 Å². The number of thiophene rings is 1. The van der Waals surface area contributed by atoms with Crippen LogP contribution >= 0.6 is 11.3 Å². The summed E-state index contributed by atoms with van der Waals surface area (Å²) in [6.45, 7) is 4.27. The Morgan fingerprint density at radius 1 is 1.15 bits per heavy atom. The smallest absolute Gasteiger partial charge is 0.222 e. The van der Waals surface area contributed by atoms with Crippen LogP contribution in [-0.4, -0.2) is 71.6 Å². The highest BCUT2D eigenvalue weighted by Crippen LogP contribution is 2.47. The van der Waals surface area contributed by atoms with Gasteiger partial charge in [-0.2, -0.15) is 4.52 Å². The Hall–Kier alpha value is -2.98. The van der Waals surface area contributed by atoms with Gasteiger partial charge in [-0.25, -0.2) is 4.39 Å². The second-order valence-corrected chi connectivity index (χ2v) is 12.9. The number of fused-ring (bicyclic) bond motifs is 4. The summed E-state index contributed by atoms with van der Waals surface area (Å²) in [5.41, 5.74) is 2.47. The van der Waals surface area contributed by atoms with Gasteiger partial charge in [0.15, 0.2) is 17.4 Å². The molecule has 206 valence electrons. The lowest BCUT2D eigenvalue weighted by molar-refractivity contribution is 0.166. The predicted molar refractivity (Wildman–Crippen MR) is 155 cm³/mol. The van der Waals surface area contributed by atoms with E-state index < -0.39 is 6.67 Å². The summed E-state index contributed by atoms with van der Waals surface area (Å²) < 4.78 is 23.2. The zero-order valence-electron chi connectivity index (χ0n) is 22.7. The predicted octanol–water partition coefficient (Wildman–Crippen LogP) is 5.62. The number of ether oxygens (including phenoxy) is 1. The quantitative estimate of drug-likeness (QED) is 0.347. The van der Waals surface area contributed by atoms with Crippen LogP contribution in [0.3, 0.4) is 0 Å². The second-order valence-electron chi connectivity index (χ2n) is 11.8. The Bertz CT molecular complexity index is 1500. The van der Waals surface area contributed by atoms with E-state index in [1.54, 1.807) is 11.3 Å². The normalized spacial score (nSPS) is 20.0. The van der Waals surface area contributed by atoms with Crippen LogP contribution in [0.5, 0.6) is 5.75 Å². The van der Waals surface area contributed by atoms with E-state index in [0.29, 0.717) is 29.6 Å². The van der Waals surface area contributed by atoms with Gasteiger partial charge in [0.1, 0.15) is 12.4 Å². The molecule has 4 aromatic rings. The van der Waals surface area contributed by atoms with E-state index in [0.717, 1.165) is 58.4 Å². The van der Waals surface area contributed by atoms with Gasteiger partial charge >= 0.3 is 0 Å². The Labute approximate surface area is 232 Å². The molecule has 2 fully saturated rings. The highest BCUT2D eigenvalue weighted by Gasteiger charge is 2.40. The van der Waals surface area contributed by atoms with Crippen LogP contribution in [0.25, 0.3) is 26.4 Å².